The van der Waals surface area contributed by atoms with Gasteiger partial charge in [0, 0.05) is 23.4 Å². The minimum absolute atomic E-state index is 0.0913. The smallest absolute Gasteiger partial charge is 0.296 e. The first kappa shape index (κ1) is 19.9. The van der Waals surface area contributed by atoms with Gasteiger partial charge in [-0.3, -0.25) is 24.6 Å². The summed E-state index contributed by atoms with van der Waals surface area (Å²) in [5, 5.41) is 12.0. The molecule has 0 bridgehead atoms. The third-order valence-electron chi connectivity index (χ3n) is 5.44. The second-order valence-corrected chi connectivity index (χ2v) is 7.80. The number of halogens is 1. The molecule has 5 rings (SSSR count). The monoisotopic (exact) mass is 447 g/mol. The van der Waals surface area contributed by atoms with E-state index in [0.29, 0.717) is 16.1 Å². The molecule has 2 aromatic heterocycles. The summed E-state index contributed by atoms with van der Waals surface area (Å²) < 4.78 is 5.90. The number of hydrogen-bond donors (Lipinski definition) is 0. The van der Waals surface area contributed by atoms with Gasteiger partial charge in [-0.25, -0.2) is 4.98 Å². The molecule has 4 aromatic rings. The van der Waals surface area contributed by atoms with Gasteiger partial charge in [-0.2, -0.15) is 0 Å². The maximum absolute atomic E-state index is 13.6. The lowest BCUT2D eigenvalue weighted by Gasteiger charge is -2.23. The van der Waals surface area contributed by atoms with E-state index in [0.717, 1.165) is 0 Å². The Hall–Kier alpha value is -4.04. The highest BCUT2D eigenvalue weighted by atomic mass is 35.5. The first-order chi connectivity index (χ1) is 15.4. The predicted octanol–water partition coefficient (Wildman–Crippen LogP) is 4.81. The molecule has 8 nitrogen and oxygen atoms in total. The summed E-state index contributed by atoms with van der Waals surface area (Å²) in [6, 6.07) is 13.0. The van der Waals surface area contributed by atoms with Crippen molar-refractivity contribution in [1.82, 2.24) is 4.98 Å². The molecule has 1 atom stereocenters. The Bertz CT molecular complexity index is 1480. The summed E-state index contributed by atoms with van der Waals surface area (Å²) in [5.74, 6) is -0.383. The van der Waals surface area contributed by atoms with Gasteiger partial charge >= 0.3 is 0 Å². The molecule has 9 heteroatoms. The van der Waals surface area contributed by atoms with Crippen molar-refractivity contribution < 1.29 is 14.1 Å². The van der Waals surface area contributed by atoms with E-state index in [2.05, 4.69) is 4.98 Å². The summed E-state index contributed by atoms with van der Waals surface area (Å²) in [5.41, 5.74) is 0.837. The van der Waals surface area contributed by atoms with Crippen molar-refractivity contribution in [2.24, 2.45) is 0 Å². The summed E-state index contributed by atoms with van der Waals surface area (Å²) >= 11 is 6.23. The number of anilines is 1. The molecule has 1 aliphatic heterocycles. The van der Waals surface area contributed by atoms with Gasteiger partial charge in [0.2, 0.25) is 5.76 Å². The molecule has 0 unspecified atom stereocenters. The molecule has 0 aliphatic carbocycles. The SMILES string of the molecule is Cc1cc2oc3c(c(=O)c2cc1Cl)[C@@H](c1cccc([N+](=O)[O-])c1)N(c1ccccn1)C3=O. The molecule has 1 aliphatic rings. The normalized spacial score (nSPS) is 15.2. The molecular formula is C23H14ClN3O5. The Morgan fingerprint density at radius 2 is 1.94 bits per heavy atom. The van der Waals surface area contributed by atoms with E-state index < -0.39 is 22.3 Å². The number of aromatic nitrogens is 1. The van der Waals surface area contributed by atoms with Gasteiger partial charge in [0.05, 0.1) is 21.9 Å². The minimum atomic E-state index is -0.951. The number of carbonyl (C=O) groups is 1. The molecule has 32 heavy (non-hydrogen) atoms. The van der Waals surface area contributed by atoms with E-state index in [-0.39, 0.29) is 33.8 Å². The number of pyridine rings is 1. The van der Waals surface area contributed by atoms with Crippen LogP contribution in [0.3, 0.4) is 0 Å². The largest absolute Gasteiger partial charge is 0.450 e. The van der Waals surface area contributed by atoms with Gasteiger partial charge in [-0.1, -0.05) is 29.8 Å². The van der Waals surface area contributed by atoms with Crippen molar-refractivity contribution in [3.63, 3.8) is 0 Å². The van der Waals surface area contributed by atoms with Crippen LogP contribution in [0.4, 0.5) is 11.5 Å². The van der Waals surface area contributed by atoms with Gasteiger partial charge in [-0.15, -0.1) is 0 Å². The maximum atomic E-state index is 13.6. The van der Waals surface area contributed by atoms with E-state index in [4.69, 9.17) is 16.0 Å². The first-order valence-electron chi connectivity index (χ1n) is 9.62. The number of rotatable bonds is 3. The van der Waals surface area contributed by atoms with E-state index >= 15 is 0 Å². The van der Waals surface area contributed by atoms with Gasteiger partial charge in [0.15, 0.2) is 5.43 Å². The molecule has 0 fully saturated rings. The van der Waals surface area contributed by atoms with Gasteiger partial charge in [0.1, 0.15) is 11.4 Å². The fourth-order valence-electron chi connectivity index (χ4n) is 3.95. The molecule has 3 heterocycles. The Balaban J connectivity index is 1.84. The highest BCUT2D eigenvalue weighted by Crippen LogP contribution is 2.41. The van der Waals surface area contributed by atoms with Crippen molar-refractivity contribution in [2.75, 3.05) is 4.90 Å². The summed E-state index contributed by atoms with van der Waals surface area (Å²) in [7, 11) is 0. The van der Waals surface area contributed by atoms with Crippen LogP contribution in [0.1, 0.15) is 33.3 Å². The molecule has 0 saturated heterocycles. The Morgan fingerprint density at radius 1 is 1.12 bits per heavy atom. The third kappa shape index (κ3) is 2.96. The van der Waals surface area contributed by atoms with Crippen LogP contribution in [0.5, 0.6) is 0 Å². The Labute approximate surface area is 185 Å². The first-order valence-corrected chi connectivity index (χ1v) is 10.0. The lowest BCUT2D eigenvalue weighted by atomic mass is 9.98. The van der Waals surface area contributed by atoms with E-state index in [9.17, 15) is 19.7 Å². The molecule has 0 saturated carbocycles. The van der Waals surface area contributed by atoms with Crippen molar-refractivity contribution in [3.05, 3.63) is 109 Å². The van der Waals surface area contributed by atoms with Crippen LogP contribution >= 0.6 is 11.6 Å². The standard InChI is InChI=1S/C23H14ClN3O5/c1-12-9-17-15(11-16(12)24)21(28)19-20(13-5-4-6-14(10-13)27(30)31)26(23(29)22(19)32-17)18-7-2-3-8-25-18/h2-11,20H,1H3/t20-/m1/s1. The fourth-order valence-corrected chi connectivity index (χ4v) is 4.11. The second-order valence-electron chi connectivity index (χ2n) is 7.39. The third-order valence-corrected chi connectivity index (χ3v) is 5.85. The molecule has 0 spiro atoms. The number of aryl methyl sites for hydroxylation is 1. The number of carbonyl (C=O) groups excluding carboxylic acids is 1. The van der Waals surface area contributed by atoms with Crippen molar-refractivity contribution >= 4 is 40.0 Å². The number of non-ortho nitro benzene ring substituents is 1. The van der Waals surface area contributed by atoms with Crippen molar-refractivity contribution in [1.29, 1.82) is 0 Å². The van der Waals surface area contributed by atoms with Crippen LogP contribution in [0.15, 0.2) is 70.0 Å². The fraction of sp³-hybridized carbons (Fsp3) is 0.0870. The summed E-state index contributed by atoms with van der Waals surface area (Å²) in [4.78, 5) is 43.4. The highest BCUT2D eigenvalue weighted by molar-refractivity contribution is 6.32. The zero-order chi connectivity index (χ0) is 22.6. The molecule has 1 amide bonds. The van der Waals surface area contributed by atoms with E-state index in [1.807, 2.05) is 0 Å². The second kappa shape index (κ2) is 7.28. The van der Waals surface area contributed by atoms with Crippen molar-refractivity contribution in [3.8, 4) is 0 Å². The average molecular weight is 448 g/mol. The predicted molar refractivity (Wildman–Crippen MR) is 118 cm³/mol. The number of nitro groups is 1. The number of benzene rings is 2. The number of hydrogen-bond acceptors (Lipinski definition) is 6. The molecule has 0 radical (unpaired) electrons. The van der Waals surface area contributed by atoms with Crippen molar-refractivity contribution in [2.45, 2.75) is 13.0 Å². The van der Waals surface area contributed by atoms with Gasteiger partial charge in [0.25, 0.3) is 11.6 Å². The Kier molecular flexibility index (Phi) is 4.53. The van der Waals surface area contributed by atoms with Gasteiger partial charge in [-0.05, 0) is 42.3 Å². The summed E-state index contributed by atoms with van der Waals surface area (Å²) in [6.45, 7) is 1.77. The van der Waals surface area contributed by atoms with E-state index in [1.54, 1.807) is 37.3 Å². The lowest BCUT2D eigenvalue weighted by Crippen LogP contribution is -2.30. The quantitative estimate of drug-likeness (QED) is 0.329. The molecular weight excluding hydrogens is 434 g/mol. The van der Waals surface area contributed by atoms with Crippen LogP contribution in [0.2, 0.25) is 5.02 Å². The van der Waals surface area contributed by atoms with Crippen LogP contribution in [0.25, 0.3) is 11.0 Å². The van der Waals surface area contributed by atoms with Crippen LogP contribution in [-0.2, 0) is 0 Å². The van der Waals surface area contributed by atoms with Gasteiger partial charge < -0.3 is 4.42 Å². The zero-order valence-corrected chi connectivity index (χ0v) is 17.4. The lowest BCUT2D eigenvalue weighted by molar-refractivity contribution is -0.384. The minimum Gasteiger partial charge on any atom is -0.450 e. The number of fused-ring (bicyclic) bond motifs is 2. The zero-order valence-electron chi connectivity index (χ0n) is 16.6. The molecule has 0 N–H and O–H groups in total. The summed E-state index contributed by atoms with van der Waals surface area (Å²) in [6.07, 6.45) is 1.52. The number of amides is 1. The number of nitro benzene ring substituents is 1. The Morgan fingerprint density at radius 3 is 2.66 bits per heavy atom. The highest BCUT2D eigenvalue weighted by Gasteiger charge is 2.44. The maximum Gasteiger partial charge on any atom is 0.296 e. The van der Waals surface area contributed by atoms with E-state index in [1.165, 1.54) is 35.4 Å². The average Bonchev–Trinajstić information content (AvgIpc) is 3.08. The molecule has 158 valence electrons. The molecule has 2 aromatic carbocycles. The van der Waals surface area contributed by atoms with Crippen LogP contribution in [0, 0.1) is 17.0 Å². The van der Waals surface area contributed by atoms with Crippen LogP contribution in [-0.4, -0.2) is 15.8 Å². The van der Waals surface area contributed by atoms with Crippen LogP contribution < -0.4 is 10.3 Å². The number of nitrogens with zero attached hydrogens (tertiary/aromatic N) is 3. The topological polar surface area (TPSA) is 107 Å².